The van der Waals surface area contributed by atoms with Gasteiger partial charge in [0.15, 0.2) is 0 Å². The Hall–Kier alpha value is -1.56. The predicted octanol–water partition coefficient (Wildman–Crippen LogP) is 1.90. The van der Waals surface area contributed by atoms with E-state index in [1.54, 1.807) is 10.9 Å². The summed E-state index contributed by atoms with van der Waals surface area (Å²) in [6.07, 6.45) is 6.22. The van der Waals surface area contributed by atoms with Crippen molar-refractivity contribution >= 4 is 6.03 Å². The number of piperidine rings is 1. The minimum absolute atomic E-state index is 0.0418. The predicted molar refractivity (Wildman–Crippen MR) is 87.6 cm³/mol. The maximum absolute atomic E-state index is 12.0. The zero-order chi connectivity index (χ0) is 16.1. The van der Waals surface area contributed by atoms with Crippen LogP contribution in [0.5, 0.6) is 0 Å². The van der Waals surface area contributed by atoms with Crippen LogP contribution in [-0.2, 0) is 7.05 Å². The van der Waals surface area contributed by atoms with Crippen molar-refractivity contribution in [2.75, 3.05) is 19.6 Å². The van der Waals surface area contributed by atoms with Gasteiger partial charge in [0, 0.05) is 31.4 Å². The number of hydrogen-bond acceptors (Lipinski definition) is 3. The summed E-state index contributed by atoms with van der Waals surface area (Å²) in [5, 5.41) is 10.1. The minimum atomic E-state index is -0.117. The maximum Gasteiger partial charge on any atom is 0.315 e. The van der Waals surface area contributed by atoms with Crippen molar-refractivity contribution in [1.82, 2.24) is 25.3 Å². The molecule has 1 aliphatic heterocycles. The van der Waals surface area contributed by atoms with Crippen molar-refractivity contribution < 1.29 is 4.79 Å². The van der Waals surface area contributed by atoms with Crippen LogP contribution in [0.25, 0.3) is 0 Å². The van der Waals surface area contributed by atoms with Crippen molar-refractivity contribution in [3.8, 4) is 0 Å². The highest BCUT2D eigenvalue weighted by Crippen LogP contribution is 2.17. The van der Waals surface area contributed by atoms with Crippen LogP contribution >= 0.6 is 0 Å². The van der Waals surface area contributed by atoms with Gasteiger partial charge in [-0.3, -0.25) is 9.58 Å². The molecular weight excluding hydrogens is 278 g/mol. The van der Waals surface area contributed by atoms with E-state index < -0.39 is 0 Å². The van der Waals surface area contributed by atoms with Gasteiger partial charge >= 0.3 is 6.03 Å². The van der Waals surface area contributed by atoms with E-state index in [9.17, 15) is 4.79 Å². The number of aryl methyl sites for hydroxylation is 1. The fourth-order valence-corrected chi connectivity index (χ4v) is 2.83. The molecule has 2 heterocycles. The van der Waals surface area contributed by atoms with Crippen LogP contribution in [0.3, 0.4) is 0 Å². The van der Waals surface area contributed by atoms with Crippen LogP contribution in [0.4, 0.5) is 4.79 Å². The first kappa shape index (κ1) is 16.8. The second-order valence-electron chi connectivity index (χ2n) is 6.59. The Balaban J connectivity index is 1.70. The van der Waals surface area contributed by atoms with Gasteiger partial charge in [0.25, 0.3) is 0 Å². The smallest absolute Gasteiger partial charge is 0.315 e. The van der Waals surface area contributed by atoms with Gasteiger partial charge in [-0.2, -0.15) is 5.10 Å². The number of rotatable bonds is 5. The van der Waals surface area contributed by atoms with Crippen LogP contribution in [0, 0.1) is 5.92 Å². The van der Waals surface area contributed by atoms with Crippen LogP contribution in [0.2, 0.25) is 0 Å². The molecule has 6 heteroatoms. The summed E-state index contributed by atoms with van der Waals surface area (Å²) >= 11 is 0. The van der Waals surface area contributed by atoms with Crippen LogP contribution in [0.15, 0.2) is 12.4 Å². The Labute approximate surface area is 133 Å². The lowest BCUT2D eigenvalue weighted by Gasteiger charge is -2.35. The quantitative estimate of drug-likeness (QED) is 0.873. The van der Waals surface area contributed by atoms with E-state index in [-0.39, 0.29) is 12.1 Å². The molecular formula is C16H29N5O. The molecule has 1 aliphatic rings. The van der Waals surface area contributed by atoms with Gasteiger partial charge in [-0.05, 0) is 45.7 Å². The highest BCUT2D eigenvalue weighted by atomic mass is 16.2. The molecule has 124 valence electrons. The maximum atomic E-state index is 12.0. The SMILES string of the molecule is CC1CCN([C@H](C)CNC(=O)N[C@@H](C)c2cnn(C)c2)CC1. The lowest BCUT2D eigenvalue weighted by Crippen LogP contribution is -2.47. The van der Waals surface area contributed by atoms with Gasteiger partial charge in [-0.15, -0.1) is 0 Å². The number of urea groups is 1. The molecule has 1 aromatic rings. The number of likely N-dealkylation sites (tertiary alicyclic amines) is 1. The average molecular weight is 307 g/mol. The summed E-state index contributed by atoms with van der Waals surface area (Å²) < 4.78 is 1.74. The number of carbonyl (C=O) groups excluding carboxylic acids is 1. The summed E-state index contributed by atoms with van der Waals surface area (Å²) in [5.74, 6) is 0.833. The van der Waals surface area contributed by atoms with E-state index in [1.165, 1.54) is 12.8 Å². The van der Waals surface area contributed by atoms with Crippen LogP contribution in [-0.4, -0.2) is 46.4 Å². The van der Waals surface area contributed by atoms with E-state index in [4.69, 9.17) is 0 Å². The fraction of sp³-hybridized carbons (Fsp3) is 0.750. The topological polar surface area (TPSA) is 62.2 Å². The lowest BCUT2D eigenvalue weighted by molar-refractivity contribution is 0.145. The summed E-state index contributed by atoms with van der Waals surface area (Å²) in [6.45, 7) is 9.41. The van der Waals surface area contributed by atoms with Crippen molar-refractivity contribution in [2.45, 2.75) is 45.7 Å². The van der Waals surface area contributed by atoms with E-state index in [2.05, 4.69) is 34.5 Å². The Morgan fingerprint density at radius 2 is 2.09 bits per heavy atom. The van der Waals surface area contributed by atoms with E-state index in [0.717, 1.165) is 24.6 Å². The number of aromatic nitrogens is 2. The Morgan fingerprint density at radius 1 is 1.41 bits per heavy atom. The van der Waals surface area contributed by atoms with Gasteiger partial charge in [-0.25, -0.2) is 4.79 Å². The number of amides is 2. The highest BCUT2D eigenvalue weighted by Gasteiger charge is 2.20. The zero-order valence-electron chi connectivity index (χ0n) is 14.2. The number of nitrogens with one attached hydrogen (secondary N) is 2. The summed E-state index contributed by atoms with van der Waals surface area (Å²) in [6, 6.07) is 0.223. The second kappa shape index (κ2) is 7.63. The second-order valence-corrected chi connectivity index (χ2v) is 6.59. The third-order valence-corrected chi connectivity index (χ3v) is 4.57. The average Bonchev–Trinajstić information content (AvgIpc) is 2.92. The molecule has 1 saturated heterocycles. The van der Waals surface area contributed by atoms with Crippen molar-refractivity contribution in [3.05, 3.63) is 18.0 Å². The number of nitrogens with zero attached hydrogens (tertiary/aromatic N) is 3. The number of hydrogen-bond donors (Lipinski definition) is 2. The van der Waals surface area contributed by atoms with Gasteiger partial charge in [0.1, 0.15) is 0 Å². The van der Waals surface area contributed by atoms with Crippen molar-refractivity contribution in [2.24, 2.45) is 13.0 Å². The third-order valence-electron chi connectivity index (χ3n) is 4.57. The largest absolute Gasteiger partial charge is 0.337 e. The molecule has 6 nitrogen and oxygen atoms in total. The van der Waals surface area contributed by atoms with Crippen LogP contribution in [0.1, 0.15) is 45.2 Å². The Kier molecular flexibility index (Phi) is 5.83. The summed E-state index contributed by atoms with van der Waals surface area (Å²) in [4.78, 5) is 14.5. The van der Waals surface area contributed by atoms with E-state index in [1.807, 2.05) is 20.2 Å². The molecule has 1 fully saturated rings. The Bertz CT molecular complexity index is 479. The molecule has 0 unspecified atom stereocenters. The number of carbonyl (C=O) groups is 1. The molecule has 2 rings (SSSR count). The van der Waals surface area contributed by atoms with Crippen molar-refractivity contribution in [3.63, 3.8) is 0 Å². The van der Waals surface area contributed by atoms with Gasteiger partial charge in [0.05, 0.1) is 12.2 Å². The minimum Gasteiger partial charge on any atom is -0.337 e. The molecule has 0 spiro atoms. The van der Waals surface area contributed by atoms with Gasteiger partial charge in [-0.1, -0.05) is 6.92 Å². The van der Waals surface area contributed by atoms with E-state index >= 15 is 0 Å². The first-order chi connectivity index (χ1) is 10.5. The van der Waals surface area contributed by atoms with E-state index in [0.29, 0.717) is 12.6 Å². The van der Waals surface area contributed by atoms with Crippen LogP contribution < -0.4 is 10.6 Å². The monoisotopic (exact) mass is 307 g/mol. The van der Waals surface area contributed by atoms with Gasteiger partial charge in [0.2, 0.25) is 0 Å². The standard InChI is InChI=1S/C16H29N5O/c1-12-5-7-21(8-6-12)13(2)9-17-16(22)19-14(3)15-10-18-20(4)11-15/h10-14H,5-9H2,1-4H3,(H2,17,19,22)/t13-,14+/m1/s1. The summed E-state index contributed by atoms with van der Waals surface area (Å²) in [5.41, 5.74) is 1.01. The molecule has 22 heavy (non-hydrogen) atoms. The molecule has 1 aromatic heterocycles. The molecule has 2 atom stereocenters. The lowest BCUT2D eigenvalue weighted by atomic mass is 9.98. The highest BCUT2D eigenvalue weighted by molar-refractivity contribution is 5.74. The molecule has 0 saturated carbocycles. The first-order valence-electron chi connectivity index (χ1n) is 8.22. The molecule has 2 amide bonds. The third kappa shape index (κ3) is 4.73. The first-order valence-corrected chi connectivity index (χ1v) is 8.22. The summed E-state index contributed by atoms with van der Waals surface area (Å²) in [7, 11) is 1.87. The Morgan fingerprint density at radius 3 is 2.68 bits per heavy atom. The molecule has 0 aromatic carbocycles. The molecule has 0 bridgehead atoms. The normalized spacial score (nSPS) is 19.6. The van der Waals surface area contributed by atoms with Crippen molar-refractivity contribution in [1.29, 1.82) is 0 Å². The molecule has 0 aliphatic carbocycles. The fourth-order valence-electron chi connectivity index (χ4n) is 2.83. The molecule has 2 N–H and O–H groups in total. The molecule has 0 radical (unpaired) electrons. The van der Waals surface area contributed by atoms with Gasteiger partial charge < -0.3 is 10.6 Å². The zero-order valence-corrected chi connectivity index (χ0v) is 14.2.